The van der Waals surface area contributed by atoms with Crippen molar-refractivity contribution in [3.8, 4) is 0 Å². The summed E-state index contributed by atoms with van der Waals surface area (Å²) < 4.78 is 3.31. The topological polar surface area (TPSA) is 40.1 Å². The average molecular weight is 718 g/mol. The number of hydrogen-bond acceptors (Lipinski definition) is 3. The minimum atomic E-state index is -1.01. The van der Waals surface area contributed by atoms with Gasteiger partial charge in [-0.3, -0.25) is 0 Å². The van der Waals surface area contributed by atoms with E-state index in [1.165, 1.54) is 179 Å². The Morgan fingerprint density at radius 2 is 0.714 bits per heavy atom. The molecular formula is C38H78O2SSn. The molecule has 0 aromatic heterocycles. The van der Waals surface area contributed by atoms with Crippen molar-refractivity contribution in [1.82, 2.24) is 0 Å². The Labute approximate surface area is 276 Å². The van der Waals surface area contributed by atoms with Crippen LogP contribution in [0.3, 0.4) is 0 Å². The van der Waals surface area contributed by atoms with E-state index >= 15 is 0 Å². The molecule has 0 N–H and O–H groups in total. The van der Waals surface area contributed by atoms with Gasteiger partial charge in [-0.05, 0) is 12.8 Å². The maximum atomic E-state index is 10.2. The Balaban J connectivity index is 0. The van der Waals surface area contributed by atoms with Gasteiger partial charge in [0, 0.05) is 5.97 Å². The van der Waals surface area contributed by atoms with E-state index in [-0.39, 0.29) is 6.42 Å². The minimum absolute atomic E-state index is 0.234. The van der Waals surface area contributed by atoms with Crippen LogP contribution >= 0.6 is 8.95 Å². The van der Waals surface area contributed by atoms with Crippen LogP contribution in [0.5, 0.6) is 0 Å². The van der Waals surface area contributed by atoms with Crippen LogP contribution < -0.4 is 5.11 Å². The number of unbranched alkanes of at least 4 members (excludes halogenated alkanes) is 25. The van der Waals surface area contributed by atoms with E-state index in [4.69, 9.17) is 0 Å². The first-order valence-corrected chi connectivity index (χ1v) is 27.8. The van der Waals surface area contributed by atoms with Gasteiger partial charge in [0.1, 0.15) is 0 Å². The molecule has 252 valence electrons. The third kappa shape index (κ3) is 42.7. The van der Waals surface area contributed by atoms with Crippen molar-refractivity contribution in [3.05, 3.63) is 0 Å². The number of aliphatic carboxylic acids is 1. The Bertz CT molecular complexity index is 480. The van der Waals surface area contributed by atoms with Crippen molar-refractivity contribution >= 4 is 33.3 Å². The first kappa shape index (κ1) is 44.7. The zero-order valence-electron chi connectivity index (χ0n) is 29.6. The van der Waals surface area contributed by atoms with Crippen molar-refractivity contribution in [2.75, 3.05) is 5.75 Å². The molecule has 0 radical (unpaired) electrons. The molecule has 42 heavy (non-hydrogen) atoms. The summed E-state index contributed by atoms with van der Waals surface area (Å²) in [6.45, 7) is 9.28. The average Bonchev–Trinajstić information content (AvgIpc) is 2.99. The molecule has 0 aliphatic carbocycles. The molecule has 0 saturated heterocycles. The van der Waals surface area contributed by atoms with E-state index in [0.717, 1.165) is 12.8 Å². The van der Waals surface area contributed by atoms with E-state index in [1.807, 2.05) is 0 Å². The molecule has 0 aromatic rings. The number of carbonyl (C=O) groups is 1. The van der Waals surface area contributed by atoms with Crippen LogP contribution in [0.15, 0.2) is 0 Å². The summed E-state index contributed by atoms with van der Waals surface area (Å²) in [5.74, 6) is 0.596. The zero-order chi connectivity index (χ0) is 31.2. The molecule has 0 aliphatic rings. The van der Waals surface area contributed by atoms with Gasteiger partial charge in [0.25, 0.3) is 0 Å². The number of hydrogen-bond donors (Lipinski definition) is 0. The van der Waals surface area contributed by atoms with Crippen molar-refractivity contribution < 1.29 is 9.90 Å². The van der Waals surface area contributed by atoms with Crippen LogP contribution in [0.1, 0.15) is 220 Å². The summed E-state index contributed by atoms with van der Waals surface area (Å²) in [5, 5.41) is 10.2. The van der Waals surface area contributed by atoms with Crippen molar-refractivity contribution in [3.63, 3.8) is 0 Å². The van der Waals surface area contributed by atoms with Crippen LogP contribution in [0.4, 0.5) is 0 Å². The van der Waals surface area contributed by atoms with Crippen LogP contribution in [-0.2, 0) is 4.79 Å². The van der Waals surface area contributed by atoms with Gasteiger partial charge in [0.05, 0.1) is 0 Å². The number of carboxylic acid groups (broad SMARTS) is 1. The Morgan fingerprint density at radius 1 is 0.429 bits per heavy atom. The summed E-state index contributed by atoms with van der Waals surface area (Å²) in [6.07, 6.45) is 40.5. The van der Waals surface area contributed by atoms with Gasteiger partial charge in [-0.1, -0.05) is 104 Å². The monoisotopic (exact) mass is 718 g/mol. The molecule has 0 atom stereocenters. The van der Waals surface area contributed by atoms with Gasteiger partial charge >= 0.3 is 146 Å². The fourth-order valence-corrected chi connectivity index (χ4v) is 19.5. The molecular weight excluding hydrogens is 639 g/mol. The normalized spacial score (nSPS) is 11.0. The molecule has 0 unspecified atom stereocenters. The second kappa shape index (κ2) is 41.6. The van der Waals surface area contributed by atoms with Gasteiger partial charge in [0.15, 0.2) is 0 Å². The Hall–Kier alpha value is 0.619. The van der Waals surface area contributed by atoms with Crippen molar-refractivity contribution in [1.29, 1.82) is 0 Å². The van der Waals surface area contributed by atoms with E-state index in [0.29, 0.717) is 0 Å². The molecule has 2 nitrogen and oxygen atoms in total. The van der Waals surface area contributed by atoms with E-state index in [1.54, 1.807) is 8.87 Å². The first-order valence-electron chi connectivity index (χ1n) is 19.3. The summed E-state index contributed by atoms with van der Waals surface area (Å²) in [6, 6.07) is 0. The molecule has 0 fully saturated rings. The zero-order valence-corrected chi connectivity index (χ0v) is 33.2. The van der Waals surface area contributed by atoms with Crippen molar-refractivity contribution in [2.24, 2.45) is 0 Å². The van der Waals surface area contributed by atoms with Gasteiger partial charge in [-0.15, -0.1) is 0 Å². The van der Waals surface area contributed by atoms with Crippen molar-refractivity contribution in [2.45, 2.75) is 229 Å². The summed E-state index contributed by atoms with van der Waals surface area (Å²) in [5.41, 5.74) is 0. The predicted octanol–water partition coefficient (Wildman–Crippen LogP) is 13.2. The van der Waals surface area contributed by atoms with E-state index < -0.39 is 24.3 Å². The second-order valence-corrected chi connectivity index (χ2v) is 25.8. The molecule has 0 amide bonds. The molecule has 4 heteroatoms. The third-order valence-electron chi connectivity index (χ3n) is 8.41. The standard InChI is InChI=1S/C18H36O2.C12H26S.2C4H9.Sn/c1-2-3-4-5-6-7-8-9-10-11-12-13-14-15-16-17-18(19)20;1-2-3-4-5-6-7-8-9-10-11-12-13;2*1-3-4-2;/h2-17H2,1H3,(H,19,20);13H,2-12H2,1H3;2*1,3-4H2,2H3;/q;;;;+2/p-2. The molecule has 0 aromatic carbocycles. The third-order valence-corrected chi connectivity index (χ3v) is 22.5. The summed E-state index contributed by atoms with van der Waals surface area (Å²) >= 11 is -1.01. The summed E-state index contributed by atoms with van der Waals surface area (Å²) in [7, 11) is 2.48. The molecule has 0 bridgehead atoms. The number of rotatable bonds is 34. The quantitative estimate of drug-likeness (QED) is 0.0491. The molecule has 0 rings (SSSR count). The van der Waals surface area contributed by atoms with Crippen LogP contribution in [0.2, 0.25) is 8.87 Å². The van der Waals surface area contributed by atoms with Gasteiger partial charge < -0.3 is 9.90 Å². The Morgan fingerprint density at radius 3 is 1.02 bits per heavy atom. The first-order chi connectivity index (χ1) is 20.6. The van der Waals surface area contributed by atoms with Gasteiger partial charge in [0.2, 0.25) is 0 Å². The maximum absolute atomic E-state index is 10.2. The van der Waals surface area contributed by atoms with Crippen LogP contribution in [0.25, 0.3) is 0 Å². The van der Waals surface area contributed by atoms with Crippen LogP contribution in [-0.4, -0.2) is 30.1 Å². The number of carbonyl (C=O) groups excluding carboxylic acids is 1. The van der Waals surface area contributed by atoms with E-state index in [2.05, 4.69) is 36.6 Å². The fraction of sp³-hybridized carbons (Fsp3) is 0.974. The van der Waals surface area contributed by atoms with Gasteiger partial charge in [-0.25, -0.2) is 0 Å². The second-order valence-electron chi connectivity index (χ2n) is 12.8. The molecule has 0 spiro atoms. The van der Waals surface area contributed by atoms with Gasteiger partial charge in [-0.2, -0.15) is 0 Å². The van der Waals surface area contributed by atoms with Crippen LogP contribution in [0, 0.1) is 0 Å². The SMILES string of the molecule is CCCCCCCCCCCCCCCCCC(=O)[O-].CCCCCCCCCCCC[S][Sn+]([CH2]CCC)[CH2]CCC. The molecule has 0 saturated carbocycles. The fourth-order valence-electron chi connectivity index (χ4n) is 5.46. The molecule has 0 aliphatic heterocycles. The van der Waals surface area contributed by atoms with E-state index in [9.17, 15) is 9.90 Å². The summed E-state index contributed by atoms with van der Waals surface area (Å²) in [4.78, 5) is 10.2. The predicted molar refractivity (Wildman–Crippen MR) is 194 cm³/mol. The number of carboxylic acids is 1. The molecule has 0 heterocycles. The Kier molecular flexibility index (Phi) is 44.3.